The van der Waals surface area contributed by atoms with Gasteiger partial charge in [-0.3, -0.25) is 9.35 Å². The van der Waals surface area contributed by atoms with Crippen LogP contribution in [0, 0.1) is 0 Å². The van der Waals surface area contributed by atoms with Crippen LogP contribution in [0.5, 0.6) is 0 Å². The molecule has 0 saturated carbocycles. The van der Waals surface area contributed by atoms with E-state index in [4.69, 9.17) is 0 Å². The molecule has 2 unspecified atom stereocenters. The van der Waals surface area contributed by atoms with E-state index >= 15 is 0 Å². The fraction of sp³-hybridized carbons (Fsp3) is 0.851. The van der Waals surface area contributed by atoms with Crippen molar-refractivity contribution in [3.8, 4) is 0 Å². The highest BCUT2D eigenvalue weighted by Gasteiger charge is 2.26. The number of hydrogen-bond donors (Lipinski definition) is 3. The minimum atomic E-state index is -4.31. The average Bonchev–Trinajstić information content (AvgIpc) is 3.14. The van der Waals surface area contributed by atoms with Crippen LogP contribution in [0.4, 0.5) is 0 Å². The summed E-state index contributed by atoms with van der Waals surface area (Å²) in [6.45, 7) is 4.53. The fourth-order valence-corrected chi connectivity index (χ4v) is 7.87. The van der Waals surface area contributed by atoms with Crippen molar-refractivity contribution in [2.75, 3.05) is 5.75 Å². The molecule has 0 heterocycles. The van der Waals surface area contributed by atoms with E-state index in [1.807, 2.05) is 0 Å². The second-order valence-electron chi connectivity index (χ2n) is 16.0. The summed E-state index contributed by atoms with van der Waals surface area (Å²) >= 11 is 0. The van der Waals surface area contributed by atoms with E-state index in [0.29, 0.717) is 12.8 Å². The van der Waals surface area contributed by atoms with E-state index in [1.165, 1.54) is 154 Å². The smallest absolute Gasteiger partial charge is 0.266 e. The zero-order chi connectivity index (χ0) is 39.6. The number of nitrogens with one attached hydrogen (secondary N) is 1. The SMILES string of the molecule is CCCCCCC/C=C\C/C=C\C/C=C\CCCCCCCCCCC(=O)NC(CS(=O)(=O)O)C(O)CCCCCCCCCCCCCCCCCC. The number of carbonyl (C=O) groups is 1. The summed E-state index contributed by atoms with van der Waals surface area (Å²) in [5.74, 6) is -0.901. The lowest BCUT2D eigenvalue weighted by molar-refractivity contribution is -0.122. The number of aliphatic hydroxyl groups is 1. The number of rotatable bonds is 42. The van der Waals surface area contributed by atoms with Crippen molar-refractivity contribution in [2.45, 2.75) is 251 Å². The Kier molecular flexibility index (Phi) is 40.1. The fourth-order valence-electron chi connectivity index (χ4n) is 7.11. The van der Waals surface area contributed by atoms with E-state index in [-0.39, 0.29) is 5.91 Å². The number of aliphatic hydroxyl groups excluding tert-OH is 1. The van der Waals surface area contributed by atoms with Gasteiger partial charge in [0.1, 0.15) is 0 Å². The van der Waals surface area contributed by atoms with Gasteiger partial charge < -0.3 is 10.4 Å². The van der Waals surface area contributed by atoms with Gasteiger partial charge in [-0.25, -0.2) is 0 Å². The van der Waals surface area contributed by atoms with Gasteiger partial charge in [0.25, 0.3) is 10.1 Å². The first-order valence-corrected chi connectivity index (χ1v) is 24.8. The molecule has 0 aromatic rings. The Morgan fingerprint density at radius 2 is 0.833 bits per heavy atom. The summed E-state index contributed by atoms with van der Waals surface area (Å²) in [4.78, 5) is 12.6. The molecule has 7 heteroatoms. The van der Waals surface area contributed by atoms with Crippen LogP contribution in [0.25, 0.3) is 0 Å². The maximum atomic E-state index is 12.6. The molecular formula is C47H89NO5S. The molecule has 2 atom stereocenters. The summed E-state index contributed by atoms with van der Waals surface area (Å²) in [5.41, 5.74) is 0. The summed E-state index contributed by atoms with van der Waals surface area (Å²) in [7, 11) is -4.31. The van der Waals surface area contributed by atoms with Crippen molar-refractivity contribution < 1.29 is 22.9 Å². The quantitative estimate of drug-likeness (QED) is 0.0325. The van der Waals surface area contributed by atoms with Crippen LogP contribution in [0.15, 0.2) is 36.5 Å². The summed E-state index contributed by atoms with van der Waals surface area (Å²) in [6, 6.07) is -0.975. The van der Waals surface area contributed by atoms with Gasteiger partial charge in [-0.15, -0.1) is 0 Å². The van der Waals surface area contributed by atoms with Gasteiger partial charge in [0.15, 0.2) is 0 Å². The van der Waals surface area contributed by atoms with Crippen molar-refractivity contribution in [3.05, 3.63) is 36.5 Å². The van der Waals surface area contributed by atoms with Crippen LogP contribution in [0.1, 0.15) is 239 Å². The Balaban J connectivity index is 3.82. The van der Waals surface area contributed by atoms with Gasteiger partial charge in [-0.1, -0.05) is 217 Å². The first-order valence-electron chi connectivity index (χ1n) is 23.2. The van der Waals surface area contributed by atoms with Gasteiger partial charge >= 0.3 is 0 Å². The van der Waals surface area contributed by atoms with Gasteiger partial charge in [0.2, 0.25) is 5.91 Å². The van der Waals surface area contributed by atoms with Gasteiger partial charge in [0.05, 0.1) is 17.9 Å². The molecule has 1 amide bonds. The highest BCUT2D eigenvalue weighted by Crippen LogP contribution is 2.16. The Hall–Kier alpha value is -1.44. The van der Waals surface area contributed by atoms with E-state index in [1.54, 1.807) is 0 Å². The topological polar surface area (TPSA) is 104 Å². The van der Waals surface area contributed by atoms with E-state index in [2.05, 4.69) is 55.6 Å². The standard InChI is InChI=1S/C47H89NO5S/c1-3-5-7-9-11-13-15-17-19-21-22-23-24-25-26-27-29-31-33-35-37-39-41-43-47(50)48-45(44-54(51,52)53)46(49)42-40-38-36-34-32-30-28-20-18-16-14-12-10-8-6-4-2/h15,17,21-22,24-25,45-46,49H,3-14,16,18-20,23,26-44H2,1-2H3,(H,48,50)(H,51,52,53)/b17-15-,22-21-,25-24-. The first-order chi connectivity index (χ1) is 26.3. The third-order valence-corrected chi connectivity index (χ3v) is 11.4. The maximum absolute atomic E-state index is 12.6. The van der Waals surface area contributed by atoms with Crippen molar-refractivity contribution in [1.29, 1.82) is 0 Å². The normalized spacial score (nSPS) is 13.5. The average molecular weight is 780 g/mol. The highest BCUT2D eigenvalue weighted by atomic mass is 32.2. The van der Waals surface area contributed by atoms with Crippen LogP contribution in [-0.4, -0.2) is 41.9 Å². The second kappa shape index (κ2) is 41.2. The molecule has 0 bridgehead atoms. The molecule has 6 nitrogen and oxygen atoms in total. The van der Waals surface area contributed by atoms with Gasteiger partial charge in [-0.05, 0) is 51.4 Å². The number of hydrogen-bond acceptors (Lipinski definition) is 4. The lowest BCUT2D eigenvalue weighted by atomic mass is 10.0. The number of allylic oxidation sites excluding steroid dienone is 6. The van der Waals surface area contributed by atoms with Crippen molar-refractivity contribution in [3.63, 3.8) is 0 Å². The molecule has 0 saturated heterocycles. The van der Waals surface area contributed by atoms with Gasteiger partial charge in [0, 0.05) is 6.42 Å². The molecule has 0 radical (unpaired) electrons. The molecule has 0 aliphatic heterocycles. The summed E-state index contributed by atoms with van der Waals surface area (Å²) in [5, 5.41) is 13.4. The molecule has 318 valence electrons. The predicted octanol–water partition coefficient (Wildman–Crippen LogP) is 14.1. The number of unbranched alkanes of at least 4 members (excludes halogenated alkanes) is 28. The molecule has 0 aliphatic carbocycles. The third kappa shape index (κ3) is 41.7. The van der Waals surface area contributed by atoms with Crippen molar-refractivity contribution >= 4 is 16.0 Å². The minimum absolute atomic E-state index is 0.251. The first kappa shape index (κ1) is 52.6. The molecule has 54 heavy (non-hydrogen) atoms. The van der Waals surface area contributed by atoms with Crippen LogP contribution >= 0.6 is 0 Å². The van der Waals surface area contributed by atoms with Crippen LogP contribution < -0.4 is 5.32 Å². The molecule has 0 aromatic carbocycles. The maximum Gasteiger partial charge on any atom is 0.266 e. The molecule has 0 aliphatic rings. The molecular weight excluding hydrogens is 691 g/mol. The largest absolute Gasteiger partial charge is 0.391 e. The Morgan fingerprint density at radius 1 is 0.500 bits per heavy atom. The summed E-state index contributed by atoms with van der Waals surface area (Å²) in [6.07, 6.45) is 53.8. The van der Waals surface area contributed by atoms with E-state index in [9.17, 15) is 22.9 Å². The minimum Gasteiger partial charge on any atom is -0.391 e. The third-order valence-electron chi connectivity index (χ3n) is 10.6. The van der Waals surface area contributed by atoms with Crippen molar-refractivity contribution in [1.82, 2.24) is 5.32 Å². The lowest BCUT2D eigenvalue weighted by Gasteiger charge is -2.23. The Labute approximate surface area is 336 Å². The predicted molar refractivity (Wildman–Crippen MR) is 235 cm³/mol. The van der Waals surface area contributed by atoms with Crippen LogP contribution in [0.3, 0.4) is 0 Å². The number of amides is 1. The van der Waals surface area contributed by atoms with Crippen LogP contribution in [0.2, 0.25) is 0 Å². The zero-order valence-corrected chi connectivity index (χ0v) is 36.4. The lowest BCUT2D eigenvalue weighted by Crippen LogP contribution is -2.47. The second-order valence-corrected chi connectivity index (χ2v) is 17.5. The van der Waals surface area contributed by atoms with Gasteiger partial charge in [-0.2, -0.15) is 8.42 Å². The summed E-state index contributed by atoms with van der Waals surface area (Å²) < 4.78 is 32.6. The van der Waals surface area contributed by atoms with E-state index < -0.39 is 28.0 Å². The van der Waals surface area contributed by atoms with E-state index in [0.717, 1.165) is 57.8 Å². The highest BCUT2D eigenvalue weighted by molar-refractivity contribution is 7.85. The monoisotopic (exact) mass is 780 g/mol. The molecule has 0 rings (SSSR count). The molecule has 0 fully saturated rings. The zero-order valence-electron chi connectivity index (χ0n) is 35.6. The molecule has 0 aromatic heterocycles. The Morgan fingerprint density at radius 3 is 1.22 bits per heavy atom. The molecule has 0 spiro atoms. The Bertz CT molecular complexity index is 992. The van der Waals surface area contributed by atoms with Crippen LogP contribution in [-0.2, 0) is 14.9 Å². The molecule has 3 N–H and O–H groups in total. The number of carbonyl (C=O) groups excluding carboxylic acids is 1. The van der Waals surface area contributed by atoms with Crippen molar-refractivity contribution in [2.24, 2.45) is 0 Å².